The molecule has 1 aromatic rings. The maximum Gasteiger partial charge on any atom is 0.289 e. The molecule has 1 amide bonds. The van der Waals surface area contributed by atoms with Gasteiger partial charge in [0.1, 0.15) is 23.3 Å². The van der Waals surface area contributed by atoms with Gasteiger partial charge in [-0.1, -0.05) is 38.5 Å². The Bertz CT molecular complexity index is 706. The van der Waals surface area contributed by atoms with E-state index in [-0.39, 0.29) is 29.1 Å². The highest BCUT2D eigenvalue weighted by Crippen LogP contribution is 2.29. The van der Waals surface area contributed by atoms with Gasteiger partial charge in [-0.05, 0) is 24.3 Å². The zero-order valence-corrected chi connectivity index (χ0v) is 14.7. The number of nitrogen functional groups attached to an aromatic ring is 1. The number of aromatic amines is 1. The number of carbonyl (C=O) groups excluding carboxylic acids is 1. The van der Waals surface area contributed by atoms with Crippen molar-refractivity contribution in [1.82, 2.24) is 5.32 Å². The molecule has 1 aromatic heterocycles. The first-order valence-electron chi connectivity index (χ1n) is 8.04. The van der Waals surface area contributed by atoms with Crippen LogP contribution in [0.25, 0.3) is 0 Å². The lowest BCUT2D eigenvalue weighted by Crippen LogP contribution is -2.44. The third-order valence-electron chi connectivity index (χ3n) is 4.71. The molecule has 1 aliphatic carbocycles. The van der Waals surface area contributed by atoms with E-state index in [0.717, 1.165) is 12.8 Å². The molecular weight excluding hydrogens is 322 g/mol. The molecule has 126 valence electrons. The second-order valence-corrected chi connectivity index (χ2v) is 7.28. The van der Waals surface area contributed by atoms with Crippen molar-refractivity contribution in [2.75, 3.05) is 11.5 Å². The van der Waals surface area contributed by atoms with E-state index < -0.39 is 0 Å². The third-order valence-corrected chi connectivity index (χ3v) is 5.73. The molecule has 0 aliphatic heterocycles. The number of anilines is 1. The van der Waals surface area contributed by atoms with E-state index in [1.165, 1.54) is 24.2 Å². The standard InChI is InChI=1S/C17H21N5OS/c1-10-4-3-5-14(11(10)2)21-15(23)9-24-17-13(8-19)6-12(7-18)16(20)22-17/h6,10-11,14H,3-5,9H2,1-2H3,(H2,20,22)(H,21,23)/p+1/t10-,11+,14-/m0/s1. The molecule has 1 saturated carbocycles. The number of carbonyl (C=O) groups is 1. The number of pyridine rings is 1. The lowest BCUT2D eigenvalue weighted by molar-refractivity contribution is -0.410. The van der Waals surface area contributed by atoms with Gasteiger partial charge < -0.3 is 5.32 Å². The number of hydrogen-bond acceptors (Lipinski definition) is 5. The van der Waals surface area contributed by atoms with Gasteiger partial charge in [-0.15, -0.1) is 0 Å². The van der Waals surface area contributed by atoms with Gasteiger partial charge in [0.25, 0.3) is 5.82 Å². The SMILES string of the molecule is C[C@H]1[C@@H](NC(=O)CSc2[nH+]c(N)c(C#N)cc2C#N)CCC[C@@H]1C. The fourth-order valence-electron chi connectivity index (χ4n) is 3.01. The summed E-state index contributed by atoms with van der Waals surface area (Å²) in [6, 6.07) is 5.61. The van der Waals surface area contributed by atoms with Gasteiger partial charge in [0.05, 0.1) is 5.75 Å². The van der Waals surface area contributed by atoms with Crippen LogP contribution in [0.5, 0.6) is 0 Å². The van der Waals surface area contributed by atoms with Gasteiger partial charge in [-0.2, -0.15) is 10.5 Å². The number of amides is 1. The molecule has 1 aliphatic rings. The Labute approximate surface area is 146 Å². The first-order chi connectivity index (χ1) is 11.5. The number of thioether (sulfide) groups is 1. The van der Waals surface area contributed by atoms with Crippen LogP contribution >= 0.6 is 11.8 Å². The molecule has 0 bridgehead atoms. The first-order valence-corrected chi connectivity index (χ1v) is 9.03. The van der Waals surface area contributed by atoms with E-state index in [1.807, 2.05) is 12.1 Å². The van der Waals surface area contributed by atoms with E-state index in [4.69, 9.17) is 11.0 Å². The molecule has 0 spiro atoms. The zero-order valence-electron chi connectivity index (χ0n) is 13.9. The van der Waals surface area contributed by atoms with Crippen molar-refractivity contribution in [1.29, 1.82) is 10.5 Å². The normalized spacial score (nSPS) is 23.1. The van der Waals surface area contributed by atoms with Gasteiger partial charge >= 0.3 is 0 Å². The van der Waals surface area contributed by atoms with Crippen LogP contribution in [0.1, 0.15) is 44.2 Å². The quantitative estimate of drug-likeness (QED) is 0.809. The smallest absolute Gasteiger partial charge is 0.289 e. The number of nitrogens with two attached hydrogens (primary N) is 1. The van der Waals surface area contributed by atoms with E-state index in [1.54, 1.807) is 0 Å². The van der Waals surface area contributed by atoms with Gasteiger partial charge in [0.15, 0.2) is 5.03 Å². The van der Waals surface area contributed by atoms with Crippen LogP contribution in [0, 0.1) is 34.5 Å². The highest BCUT2D eigenvalue weighted by molar-refractivity contribution is 7.99. The molecule has 0 radical (unpaired) electrons. The number of nitriles is 2. The Kier molecular flexibility index (Phi) is 6.05. The van der Waals surface area contributed by atoms with Gasteiger partial charge in [-0.3, -0.25) is 10.5 Å². The number of nitrogens with zero attached hydrogens (tertiary/aromatic N) is 2. The van der Waals surface area contributed by atoms with Crippen molar-refractivity contribution >= 4 is 23.5 Å². The molecule has 4 N–H and O–H groups in total. The Balaban J connectivity index is 1.98. The molecule has 0 unspecified atom stereocenters. The van der Waals surface area contributed by atoms with Gasteiger partial charge in [0.2, 0.25) is 5.91 Å². The second-order valence-electron chi connectivity index (χ2n) is 6.29. The minimum absolute atomic E-state index is 0.0498. The van der Waals surface area contributed by atoms with Crippen LogP contribution in [0.3, 0.4) is 0 Å². The Morgan fingerprint density at radius 3 is 2.75 bits per heavy atom. The van der Waals surface area contributed by atoms with Crippen LogP contribution in [-0.4, -0.2) is 17.7 Å². The van der Waals surface area contributed by atoms with Crippen LogP contribution in [0.2, 0.25) is 0 Å². The predicted octanol–water partition coefficient (Wildman–Crippen LogP) is 1.86. The number of nitrogens with one attached hydrogen (secondary N) is 2. The fourth-order valence-corrected chi connectivity index (χ4v) is 3.81. The topological polar surface area (TPSA) is 117 Å². The molecule has 0 saturated heterocycles. The van der Waals surface area contributed by atoms with E-state index in [2.05, 4.69) is 24.1 Å². The van der Waals surface area contributed by atoms with Crippen LogP contribution in [-0.2, 0) is 4.79 Å². The second kappa shape index (κ2) is 8.03. The Hall–Kier alpha value is -2.25. The van der Waals surface area contributed by atoms with Crippen molar-refractivity contribution in [3.05, 3.63) is 17.2 Å². The monoisotopic (exact) mass is 344 g/mol. The van der Waals surface area contributed by atoms with Crippen LogP contribution in [0.4, 0.5) is 5.82 Å². The van der Waals surface area contributed by atoms with Crippen molar-refractivity contribution in [3.8, 4) is 12.1 Å². The number of hydrogen-bond donors (Lipinski definition) is 2. The molecule has 7 heteroatoms. The molecule has 24 heavy (non-hydrogen) atoms. The third kappa shape index (κ3) is 4.18. The minimum Gasteiger partial charge on any atom is -0.352 e. The van der Waals surface area contributed by atoms with Crippen molar-refractivity contribution in [3.63, 3.8) is 0 Å². The molecule has 0 aromatic carbocycles. The summed E-state index contributed by atoms with van der Waals surface area (Å²) in [4.78, 5) is 15.1. The largest absolute Gasteiger partial charge is 0.352 e. The summed E-state index contributed by atoms with van der Waals surface area (Å²) in [6.45, 7) is 4.41. The summed E-state index contributed by atoms with van der Waals surface area (Å²) < 4.78 is 0. The fraction of sp³-hybridized carbons (Fsp3) is 0.529. The molecule has 6 nitrogen and oxygen atoms in total. The summed E-state index contributed by atoms with van der Waals surface area (Å²) >= 11 is 1.22. The van der Waals surface area contributed by atoms with Crippen molar-refractivity contribution in [2.24, 2.45) is 11.8 Å². The first kappa shape index (κ1) is 18.1. The maximum atomic E-state index is 12.2. The molecule has 2 rings (SSSR count). The summed E-state index contributed by atoms with van der Waals surface area (Å²) in [7, 11) is 0. The minimum atomic E-state index is -0.0498. The summed E-state index contributed by atoms with van der Waals surface area (Å²) in [5.74, 6) is 1.45. The van der Waals surface area contributed by atoms with Gasteiger partial charge in [-0.25, -0.2) is 4.98 Å². The number of rotatable bonds is 4. The predicted molar refractivity (Wildman–Crippen MR) is 91.7 cm³/mol. The highest BCUT2D eigenvalue weighted by atomic mass is 32.2. The van der Waals surface area contributed by atoms with Crippen LogP contribution in [0.15, 0.2) is 11.1 Å². The summed E-state index contributed by atoms with van der Waals surface area (Å²) in [6.07, 6.45) is 3.37. The Morgan fingerprint density at radius 1 is 1.38 bits per heavy atom. The summed E-state index contributed by atoms with van der Waals surface area (Å²) in [5.41, 5.74) is 6.29. The number of H-pyrrole nitrogens is 1. The van der Waals surface area contributed by atoms with Gasteiger partial charge in [0, 0.05) is 6.04 Å². The maximum absolute atomic E-state index is 12.2. The van der Waals surface area contributed by atoms with Crippen LogP contribution < -0.4 is 16.0 Å². The Morgan fingerprint density at radius 2 is 2.08 bits per heavy atom. The van der Waals surface area contributed by atoms with Crippen molar-refractivity contribution < 1.29 is 9.78 Å². The summed E-state index contributed by atoms with van der Waals surface area (Å²) in [5, 5.41) is 21.7. The average Bonchev–Trinajstić information content (AvgIpc) is 2.57. The van der Waals surface area contributed by atoms with E-state index >= 15 is 0 Å². The number of aromatic nitrogens is 1. The van der Waals surface area contributed by atoms with E-state index in [0.29, 0.717) is 22.4 Å². The highest BCUT2D eigenvalue weighted by Gasteiger charge is 2.28. The lowest BCUT2D eigenvalue weighted by atomic mass is 9.78. The van der Waals surface area contributed by atoms with E-state index in [9.17, 15) is 10.1 Å². The lowest BCUT2D eigenvalue weighted by Gasteiger charge is -2.34. The van der Waals surface area contributed by atoms with Crippen molar-refractivity contribution in [2.45, 2.75) is 44.2 Å². The zero-order chi connectivity index (χ0) is 17.7. The molecule has 3 atom stereocenters. The molecule has 1 fully saturated rings. The molecule has 1 heterocycles. The average molecular weight is 344 g/mol. The molecular formula is C17H22N5OS+.